The normalized spacial score (nSPS) is 21.0. The summed E-state index contributed by atoms with van der Waals surface area (Å²) in [7, 11) is 0. The van der Waals surface area contributed by atoms with Gasteiger partial charge in [0, 0.05) is 24.3 Å². The first-order chi connectivity index (χ1) is 7.61. The third-order valence-corrected chi connectivity index (χ3v) is 3.40. The van der Waals surface area contributed by atoms with Crippen molar-refractivity contribution in [3.63, 3.8) is 0 Å². The maximum Gasteiger partial charge on any atom is 0.0402 e. The van der Waals surface area contributed by atoms with E-state index in [4.69, 9.17) is 5.73 Å². The first kappa shape index (κ1) is 11.5. The van der Waals surface area contributed by atoms with Crippen LogP contribution in [-0.2, 0) is 12.8 Å². The third-order valence-electron chi connectivity index (χ3n) is 3.40. The van der Waals surface area contributed by atoms with Crippen LogP contribution in [0.3, 0.4) is 0 Å². The Labute approximate surface area is 98.4 Å². The average Bonchev–Trinajstić information content (AvgIpc) is 2.51. The van der Waals surface area contributed by atoms with E-state index < -0.39 is 0 Å². The number of nitrogens with zero attached hydrogens (tertiary/aromatic N) is 1. The van der Waals surface area contributed by atoms with Crippen LogP contribution in [0.25, 0.3) is 0 Å². The lowest BCUT2D eigenvalue weighted by Gasteiger charge is -2.22. The SMILES string of the molecule is CCN1c2ccc(CC(C)N)cc2CC1C. The molecular weight excluding hydrogens is 196 g/mol. The number of hydrogen-bond donors (Lipinski definition) is 1. The molecule has 2 unspecified atom stereocenters. The summed E-state index contributed by atoms with van der Waals surface area (Å²) in [4.78, 5) is 2.48. The van der Waals surface area contributed by atoms with Gasteiger partial charge in [-0.2, -0.15) is 0 Å². The predicted octanol–water partition coefficient (Wildman–Crippen LogP) is 2.35. The van der Waals surface area contributed by atoms with Crippen LogP contribution < -0.4 is 10.6 Å². The Morgan fingerprint density at radius 2 is 2.25 bits per heavy atom. The average molecular weight is 218 g/mol. The molecule has 1 heterocycles. The Morgan fingerprint density at radius 3 is 2.88 bits per heavy atom. The van der Waals surface area contributed by atoms with Gasteiger partial charge in [-0.05, 0) is 50.8 Å². The van der Waals surface area contributed by atoms with Crippen molar-refractivity contribution in [1.29, 1.82) is 0 Å². The van der Waals surface area contributed by atoms with E-state index in [1.165, 1.54) is 23.2 Å². The van der Waals surface area contributed by atoms with Gasteiger partial charge in [0.15, 0.2) is 0 Å². The van der Waals surface area contributed by atoms with Gasteiger partial charge >= 0.3 is 0 Å². The molecule has 2 atom stereocenters. The lowest BCUT2D eigenvalue weighted by atomic mass is 10.0. The van der Waals surface area contributed by atoms with Crippen molar-refractivity contribution in [2.45, 2.75) is 45.7 Å². The maximum atomic E-state index is 5.84. The molecule has 1 aromatic carbocycles. The van der Waals surface area contributed by atoms with E-state index in [1.807, 2.05) is 0 Å². The Hall–Kier alpha value is -1.02. The van der Waals surface area contributed by atoms with Crippen LogP contribution in [0.15, 0.2) is 18.2 Å². The minimum Gasteiger partial charge on any atom is -0.369 e. The van der Waals surface area contributed by atoms with Gasteiger partial charge in [0.25, 0.3) is 0 Å². The fourth-order valence-corrected chi connectivity index (χ4v) is 2.73. The Bertz CT molecular complexity index is 371. The first-order valence-electron chi connectivity index (χ1n) is 6.25. The Kier molecular flexibility index (Phi) is 3.20. The van der Waals surface area contributed by atoms with Crippen molar-refractivity contribution in [2.24, 2.45) is 5.73 Å². The molecule has 0 bridgehead atoms. The molecule has 1 aliphatic rings. The van der Waals surface area contributed by atoms with E-state index in [0.29, 0.717) is 6.04 Å². The fourth-order valence-electron chi connectivity index (χ4n) is 2.73. The van der Waals surface area contributed by atoms with Gasteiger partial charge in [-0.15, -0.1) is 0 Å². The van der Waals surface area contributed by atoms with Crippen LogP contribution in [0, 0.1) is 0 Å². The molecule has 2 N–H and O–H groups in total. The molecule has 0 saturated heterocycles. The Morgan fingerprint density at radius 1 is 1.50 bits per heavy atom. The van der Waals surface area contributed by atoms with Crippen molar-refractivity contribution >= 4 is 5.69 Å². The molecule has 1 aliphatic heterocycles. The zero-order valence-electron chi connectivity index (χ0n) is 10.5. The van der Waals surface area contributed by atoms with Gasteiger partial charge in [0.2, 0.25) is 0 Å². The second-order valence-electron chi connectivity index (χ2n) is 4.98. The summed E-state index contributed by atoms with van der Waals surface area (Å²) in [6.07, 6.45) is 2.16. The number of likely N-dealkylation sites (N-methyl/N-ethyl adjacent to an activating group) is 1. The molecule has 1 aromatic rings. The molecule has 0 aromatic heterocycles. The summed E-state index contributed by atoms with van der Waals surface area (Å²) in [5, 5.41) is 0. The van der Waals surface area contributed by atoms with Crippen LogP contribution in [0.4, 0.5) is 5.69 Å². The molecule has 0 saturated carbocycles. The van der Waals surface area contributed by atoms with Crippen molar-refractivity contribution < 1.29 is 0 Å². The van der Waals surface area contributed by atoms with Gasteiger partial charge in [-0.3, -0.25) is 0 Å². The molecule has 2 rings (SSSR count). The predicted molar refractivity (Wildman–Crippen MR) is 70.0 cm³/mol. The van der Waals surface area contributed by atoms with E-state index >= 15 is 0 Å². The van der Waals surface area contributed by atoms with E-state index in [9.17, 15) is 0 Å². The Balaban J connectivity index is 2.25. The largest absolute Gasteiger partial charge is 0.369 e. The topological polar surface area (TPSA) is 29.3 Å². The molecule has 0 aliphatic carbocycles. The molecule has 0 fully saturated rings. The molecule has 16 heavy (non-hydrogen) atoms. The summed E-state index contributed by atoms with van der Waals surface area (Å²) >= 11 is 0. The first-order valence-corrected chi connectivity index (χ1v) is 6.25. The molecule has 0 spiro atoms. The van der Waals surface area contributed by atoms with Crippen LogP contribution in [0.2, 0.25) is 0 Å². The van der Waals surface area contributed by atoms with Gasteiger partial charge in [-0.25, -0.2) is 0 Å². The highest BCUT2D eigenvalue weighted by atomic mass is 15.2. The fraction of sp³-hybridized carbons (Fsp3) is 0.571. The number of rotatable bonds is 3. The molecule has 2 heteroatoms. The van der Waals surface area contributed by atoms with Crippen molar-refractivity contribution in [1.82, 2.24) is 0 Å². The summed E-state index contributed by atoms with van der Waals surface area (Å²) in [6, 6.07) is 7.72. The van der Waals surface area contributed by atoms with E-state index in [0.717, 1.165) is 13.0 Å². The highest BCUT2D eigenvalue weighted by molar-refractivity contribution is 5.60. The van der Waals surface area contributed by atoms with E-state index in [1.54, 1.807) is 0 Å². The zero-order valence-corrected chi connectivity index (χ0v) is 10.5. The van der Waals surface area contributed by atoms with E-state index in [-0.39, 0.29) is 6.04 Å². The van der Waals surface area contributed by atoms with Crippen LogP contribution in [0.1, 0.15) is 31.9 Å². The second-order valence-corrected chi connectivity index (χ2v) is 4.98. The standard InChI is InChI=1S/C14H22N2/c1-4-16-11(3)8-13-9-12(7-10(2)15)5-6-14(13)16/h5-6,9-11H,4,7-8,15H2,1-3H3. The lowest BCUT2D eigenvalue weighted by Crippen LogP contribution is -2.28. The zero-order chi connectivity index (χ0) is 11.7. The second kappa shape index (κ2) is 4.46. The van der Waals surface area contributed by atoms with Gasteiger partial charge in [0.05, 0.1) is 0 Å². The number of nitrogens with two attached hydrogens (primary N) is 1. The van der Waals surface area contributed by atoms with Crippen LogP contribution in [-0.4, -0.2) is 18.6 Å². The number of anilines is 1. The lowest BCUT2D eigenvalue weighted by molar-refractivity contribution is 0.690. The minimum atomic E-state index is 0.249. The number of hydrogen-bond acceptors (Lipinski definition) is 2. The highest BCUT2D eigenvalue weighted by Crippen LogP contribution is 2.32. The van der Waals surface area contributed by atoms with Gasteiger partial charge in [-0.1, -0.05) is 12.1 Å². The summed E-state index contributed by atoms with van der Waals surface area (Å²) in [5.41, 5.74) is 10.1. The monoisotopic (exact) mass is 218 g/mol. The molecule has 88 valence electrons. The maximum absolute atomic E-state index is 5.84. The quantitative estimate of drug-likeness (QED) is 0.844. The number of fused-ring (bicyclic) bond motifs is 1. The van der Waals surface area contributed by atoms with Crippen molar-refractivity contribution in [2.75, 3.05) is 11.4 Å². The molecular formula is C14H22N2. The minimum absolute atomic E-state index is 0.249. The van der Waals surface area contributed by atoms with Gasteiger partial charge in [0.1, 0.15) is 0 Å². The van der Waals surface area contributed by atoms with Crippen molar-refractivity contribution in [3.05, 3.63) is 29.3 Å². The van der Waals surface area contributed by atoms with Gasteiger partial charge < -0.3 is 10.6 Å². The third kappa shape index (κ3) is 2.07. The smallest absolute Gasteiger partial charge is 0.0402 e. The summed E-state index contributed by atoms with van der Waals surface area (Å²) in [6.45, 7) is 7.69. The summed E-state index contributed by atoms with van der Waals surface area (Å²) in [5.74, 6) is 0. The molecule has 0 amide bonds. The van der Waals surface area contributed by atoms with Crippen molar-refractivity contribution in [3.8, 4) is 0 Å². The number of benzene rings is 1. The van der Waals surface area contributed by atoms with Crippen LogP contribution in [0.5, 0.6) is 0 Å². The molecule has 0 radical (unpaired) electrons. The van der Waals surface area contributed by atoms with E-state index in [2.05, 4.69) is 43.9 Å². The summed E-state index contributed by atoms with van der Waals surface area (Å²) < 4.78 is 0. The molecule has 2 nitrogen and oxygen atoms in total. The highest BCUT2D eigenvalue weighted by Gasteiger charge is 2.24. The van der Waals surface area contributed by atoms with Crippen LogP contribution >= 0.6 is 0 Å².